The van der Waals surface area contributed by atoms with Crippen LogP contribution < -0.4 is 5.32 Å². The van der Waals surface area contributed by atoms with Gasteiger partial charge in [-0.25, -0.2) is 0 Å². The van der Waals surface area contributed by atoms with Gasteiger partial charge in [0.1, 0.15) is 0 Å². The van der Waals surface area contributed by atoms with Crippen LogP contribution in [-0.4, -0.2) is 11.5 Å². The maximum Gasteiger partial charge on any atom is 0.0448 e. The SMILES string of the molecule is CCc1ncccc1C1CCCN1. The first-order valence-corrected chi connectivity index (χ1v) is 5.09. The predicted molar refractivity (Wildman–Crippen MR) is 53.6 cm³/mol. The van der Waals surface area contributed by atoms with Crippen molar-refractivity contribution < 1.29 is 0 Å². The summed E-state index contributed by atoms with van der Waals surface area (Å²) in [5.74, 6) is 0. The second-order valence-electron chi connectivity index (χ2n) is 3.54. The van der Waals surface area contributed by atoms with E-state index in [2.05, 4.69) is 23.3 Å². The lowest BCUT2D eigenvalue weighted by Crippen LogP contribution is -2.15. The van der Waals surface area contributed by atoms with Gasteiger partial charge in [-0.2, -0.15) is 0 Å². The van der Waals surface area contributed by atoms with Gasteiger partial charge >= 0.3 is 0 Å². The predicted octanol–water partition coefficient (Wildman–Crippen LogP) is 2.07. The average molecular weight is 176 g/mol. The van der Waals surface area contributed by atoms with Crippen LogP contribution in [0.3, 0.4) is 0 Å². The van der Waals surface area contributed by atoms with Crippen molar-refractivity contribution in [3.8, 4) is 0 Å². The molecule has 70 valence electrons. The van der Waals surface area contributed by atoms with E-state index in [1.807, 2.05) is 12.3 Å². The van der Waals surface area contributed by atoms with E-state index in [1.54, 1.807) is 0 Å². The molecular weight excluding hydrogens is 160 g/mol. The lowest BCUT2D eigenvalue weighted by atomic mass is 10.0. The van der Waals surface area contributed by atoms with Crippen molar-refractivity contribution in [3.63, 3.8) is 0 Å². The van der Waals surface area contributed by atoms with Gasteiger partial charge in [-0.1, -0.05) is 13.0 Å². The molecule has 1 aliphatic heterocycles. The molecule has 2 nitrogen and oxygen atoms in total. The Labute approximate surface area is 79.4 Å². The Kier molecular flexibility index (Phi) is 2.60. The van der Waals surface area contributed by atoms with Crippen molar-refractivity contribution in [3.05, 3.63) is 29.6 Å². The van der Waals surface area contributed by atoms with Gasteiger partial charge in [0.15, 0.2) is 0 Å². The zero-order valence-electron chi connectivity index (χ0n) is 8.09. The normalized spacial score (nSPS) is 22.1. The molecule has 1 saturated heterocycles. The lowest BCUT2D eigenvalue weighted by Gasteiger charge is -2.13. The fourth-order valence-electron chi connectivity index (χ4n) is 2.01. The Bertz CT molecular complexity index is 277. The maximum absolute atomic E-state index is 4.40. The molecule has 1 fully saturated rings. The molecule has 0 bridgehead atoms. The number of aryl methyl sites for hydroxylation is 1. The maximum atomic E-state index is 4.40. The van der Waals surface area contributed by atoms with Crippen molar-refractivity contribution in [2.75, 3.05) is 6.54 Å². The number of hydrogen-bond donors (Lipinski definition) is 1. The van der Waals surface area contributed by atoms with Crippen LogP contribution >= 0.6 is 0 Å². The standard InChI is InChI=1S/C11H16N2/c1-2-10-9(5-3-7-12-10)11-6-4-8-13-11/h3,5,7,11,13H,2,4,6,8H2,1H3. The minimum absolute atomic E-state index is 0.559. The van der Waals surface area contributed by atoms with E-state index in [-0.39, 0.29) is 0 Å². The molecule has 13 heavy (non-hydrogen) atoms. The molecule has 0 aromatic carbocycles. The molecule has 2 heteroatoms. The van der Waals surface area contributed by atoms with Crippen LogP contribution in [0.15, 0.2) is 18.3 Å². The number of nitrogens with zero attached hydrogens (tertiary/aromatic N) is 1. The monoisotopic (exact) mass is 176 g/mol. The summed E-state index contributed by atoms with van der Waals surface area (Å²) in [6.45, 7) is 3.32. The zero-order valence-corrected chi connectivity index (χ0v) is 8.09. The van der Waals surface area contributed by atoms with Gasteiger partial charge in [0, 0.05) is 17.9 Å². The largest absolute Gasteiger partial charge is 0.310 e. The number of nitrogens with one attached hydrogen (secondary N) is 1. The fourth-order valence-corrected chi connectivity index (χ4v) is 2.01. The van der Waals surface area contributed by atoms with Crippen molar-refractivity contribution in [2.24, 2.45) is 0 Å². The molecule has 1 aromatic rings. The van der Waals surface area contributed by atoms with Crippen molar-refractivity contribution in [1.29, 1.82) is 0 Å². The Morgan fingerprint density at radius 1 is 1.62 bits per heavy atom. The third-order valence-corrected chi connectivity index (χ3v) is 2.70. The van der Waals surface area contributed by atoms with Crippen LogP contribution in [0.25, 0.3) is 0 Å². The summed E-state index contributed by atoms with van der Waals surface area (Å²) in [6.07, 6.45) is 5.48. The van der Waals surface area contributed by atoms with Gasteiger partial charge in [0.25, 0.3) is 0 Å². The summed E-state index contributed by atoms with van der Waals surface area (Å²) < 4.78 is 0. The summed E-state index contributed by atoms with van der Waals surface area (Å²) in [6, 6.07) is 4.80. The Morgan fingerprint density at radius 2 is 2.54 bits per heavy atom. The van der Waals surface area contributed by atoms with E-state index in [0.29, 0.717) is 6.04 Å². The number of hydrogen-bond acceptors (Lipinski definition) is 2. The first kappa shape index (κ1) is 8.70. The molecule has 0 saturated carbocycles. The zero-order chi connectivity index (χ0) is 9.10. The highest BCUT2D eigenvalue weighted by Crippen LogP contribution is 2.24. The van der Waals surface area contributed by atoms with E-state index >= 15 is 0 Å². The van der Waals surface area contributed by atoms with E-state index in [1.165, 1.54) is 24.1 Å². The van der Waals surface area contributed by atoms with Gasteiger partial charge in [0.05, 0.1) is 0 Å². The molecule has 1 N–H and O–H groups in total. The van der Waals surface area contributed by atoms with Crippen molar-refractivity contribution >= 4 is 0 Å². The fraction of sp³-hybridized carbons (Fsp3) is 0.545. The molecule has 1 aromatic heterocycles. The molecule has 0 amide bonds. The van der Waals surface area contributed by atoms with Gasteiger partial charge in [-0.3, -0.25) is 4.98 Å². The third kappa shape index (κ3) is 1.73. The van der Waals surface area contributed by atoms with Gasteiger partial charge < -0.3 is 5.32 Å². The minimum Gasteiger partial charge on any atom is -0.310 e. The molecular formula is C11H16N2. The van der Waals surface area contributed by atoms with Crippen LogP contribution in [0.2, 0.25) is 0 Å². The summed E-state index contributed by atoms with van der Waals surface area (Å²) >= 11 is 0. The average Bonchev–Trinajstić information content (AvgIpc) is 2.70. The lowest BCUT2D eigenvalue weighted by molar-refractivity contribution is 0.636. The van der Waals surface area contributed by atoms with E-state index in [9.17, 15) is 0 Å². The molecule has 0 aliphatic carbocycles. The van der Waals surface area contributed by atoms with E-state index in [4.69, 9.17) is 0 Å². The van der Waals surface area contributed by atoms with Gasteiger partial charge in [0.2, 0.25) is 0 Å². The summed E-state index contributed by atoms with van der Waals surface area (Å²) in [5.41, 5.74) is 2.66. The molecule has 0 spiro atoms. The summed E-state index contributed by atoms with van der Waals surface area (Å²) in [7, 11) is 0. The second-order valence-corrected chi connectivity index (χ2v) is 3.54. The minimum atomic E-state index is 0.559. The highest BCUT2D eigenvalue weighted by Gasteiger charge is 2.18. The first-order valence-electron chi connectivity index (χ1n) is 5.09. The molecule has 1 unspecified atom stereocenters. The smallest absolute Gasteiger partial charge is 0.0448 e. The molecule has 1 aliphatic rings. The second kappa shape index (κ2) is 3.88. The Hall–Kier alpha value is -0.890. The van der Waals surface area contributed by atoms with Crippen molar-refractivity contribution in [1.82, 2.24) is 10.3 Å². The topological polar surface area (TPSA) is 24.9 Å². The van der Waals surface area contributed by atoms with Crippen LogP contribution in [0.4, 0.5) is 0 Å². The number of aromatic nitrogens is 1. The molecule has 2 heterocycles. The highest BCUT2D eigenvalue weighted by molar-refractivity contribution is 5.24. The molecule has 2 rings (SSSR count). The molecule has 1 atom stereocenters. The Balaban J connectivity index is 2.26. The quantitative estimate of drug-likeness (QED) is 0.746. The number of pyridine rings is 1. The van der Waals surface area contributed by atoms with Crippen LogP contribution in [0.5, 0.6) is 0 Å². The highest BCUT2D eigenvalue weighted by atomic mass is 14.9. The van der Waals surface area contributed by atoms with Gasteiger partial charge in [-0.15, -0.1) is 0 Å². The van der Waals surface area contributed by atoms with Crippen molar-refractivity contribution in [2.45, 2.75) is 32.2 Å². The summed E-state index contributed by atoms with van der Waals surface area (Å²) in [4.78, 5) is 4.40. The summed E-state index contributed by atoms with van der Waals surface area (Å²) in [5, 5.41) is 3.51. The van der Waals surface area contributed by atoms with Crippen LogP contribution in [0, 0.1) is 0 Å². The van der Waals surface area contributed by atoms with E-state index < -0.39 is 0 Å². The van der Waals surface area contributed by atoms with Crippen LogP contribution in [0.1, 0.15) is 37.1 Å². The molecule has 0 radical (unpaired) electrons. The van der Waals surface area contributed by atoms with E-state index in [0.717, 1.165) is 13.0 Å². The third-order valence-electron chi connectivity index (χ3n) is 2.70. The first-order chi connectivity index (χ1) is 6.42. The Morgan fingerprint density at radius 3 is 3.23 bits per heavy atom. The van der Waals surface area contributed by atoms with Crippen LogP contribution in [-0.2, 0) is 6.42 Å². The van der Waals surface area contributed by atoms with Gasteiger partial charge in [-0.05, 0) is 37.4 Å². The number of rotatable bonds is 2.